The summed E-state index contributed by atoms with van der Waals surface area (Å²) in [5.41, 5.74) is 0.862. The van der Waals surface area contributed by atoms with Gasteiger partial charge in [-0.3, -0.25) is 4.57 Å². The molecule has 0 bridgehead atoms. The van der Waals surface area contributed by atoms with Gasteiger partial charge in [0.15, 0.2) is 11.0 Å². The van der Waals surface area contributed by atoms with Crippen LogP contribution >= 0.6 is 23.1 Å². The van der Waals surface area contributed by atoms with Gasteiger partial charge in [-0.25, -0.2) is 0 Å². The lowest BCUT2D eigenvalue weighted by Crippen LogP contribution is -1.99. The van der Waals surface area contributed by atoms with Gasteiger partial charge in [0.05, 0.1) is 17.7 Å². The maximum atomic E-state index is 5.43. The predicted molar refractivity (Wildman–Crippen MR) is 107 cm³/mol. The summed E-state index contributed by atoms with van der Waals surface area (Å²) in [5, 5.41) is 15.9. The molecule has 7 nitrogen and oxygen atoms in total. The molecule has 1 saturated carbocycles. The minimum Gasteiger partial charge on any atom is -0.497 e. The summed E-state index contributed by atoms with van der Waals surface area (Å²) >= 11 is 3.26. The van der Waals surface area contributed by atoms with Crippen LogP contribution < -0.4 is 4.74 Å². The molecule has 3 aromatic heterocycles. The van der Waals surface area contributed by atoms with Crippen molar-refractivity contribution in [3.8, 4) is 27.8 Å². The Hall–Kier alpha value is -2.65. The van der Waals surface area contributed by atoms with E-state index in [-0.39, 0.29) is 0 Å². The lowest BCUT2D eigenvalue weighted by Gasteiger charge is -2.06. The van der Waals surface area contributed by atoms with Crippen LogP contribution in [0.1, 0.15) is 24.8 Å². The molecule has 1 fully saturated rings. The Balaban J connectivity index is 1.34. The molecule has 0 radical (unpaired) electrons. The summed E-state index contributed by atoms with van der Waals surface area (Å²) in [6.07, 6.45) is 2.34. The van der Waals surface area contributed by atoms with E-state index in [2.05, 4.69) is 36.4 Å². The quantitative estimate of drug-likeness (QED) is 0.408. The molecule has 28 heavy (non-hydrogen) atoms. The zero-order chi connectivity index (χ0) is 18.9. The van der Waals surface area contributed by atoms with Crippen molar-refractivity contribution in [2.45, 2.75) is 29.8 Å². The number of benzene rings is 1. The molecule has 0 spiro atoms. The molecule has 142 valence electrons. The van der Waals surface area contributed by atoms with Crippen molar-refractivity contribution in [2.75, 3.05) is 7.11 Å². The first-order valence-electron chi connectivity index (χ1n) is 8.90. The number of ether oxygens (including phenoxy) is 1. The average Bonchev–Trinajstić information content (AvgIpc) is 3.16. The third-order valence-electron chi connectivity index (χ3n) is 4.44. The lowest BCUT2D eigenvalue weighted by molar-refractivity contribution is 0.391. The van der Waals surface area contributed by atoms with Gasteiger partial charge in [0, 0.05) is 11.6 Å². The summed E-state index contributed by atoms with van der Waals surface area (Å²) in [7, 11) is 1.64. The molecule has 5 rings (SSSR count). The van der Waals surface area contributed by atoms with Gasteiger partial charge in [-0.15, -0.1) is 21.5 Å². The van der Waals surface area contributed by atoms with Crippen molar-refractivity contribution in [3.05, 3.63) is 47.7 Å². The van der Waals surface area contributed by atoms with E-state index in [9.17, 15) is 0 Å². The highest BCUT2D eigenvalue weighted by atomic mass is 32.2. The third-order valence-corrected chi connectivity index (χ3v) is 6.23. The Morgan fingerprint density at radius 1 is 1.25 bits per heavy atom. The second kappa shape index (κ2) is 7.40. The fourth-order valence-corrected chi connectivity index (χ4v) is 4.48. The fourth-order valence-electron chi connectivity index (χ4n) is 2.93. The topological polar surface area (TPSA) is 78.9 Å². The van der Waals surface area contributed by atoms with E-state index >= 15 is 0 Å². The van der Waals surface area contributed by atoms with Crippen LogP contribution in [-0.4, -0.2) is 32.0 Å². The van der Waals surface area contributed by atoms with Crippen molar-refractivity contribution in [2.24, 2.45) is 0 Å². The fraction of sp³-hybridized carbons (Fsp3) is 0.263. The van der Waals surface area contributed by atoms with E-state index < -0.39 is 0 Å². The van der Waals surface area contributed by atoms with Crippen LogP contribution in [0.4, 0.5) is 0 Å². The molecule has 4 aromatic rings. The normalized spacial score (nSPS) is 13.8. The molecule has 1 aromatic carbocycles. The van der Waals surface area contributed by atoms with Crippen molar-refractivity contribution in [1.29, 1.82) is 0 Å². The molecular formula is C19H17N5O2S2. The first-order chi connectivity index (χ1) is 13.8. The summed E-state index contributed by atoms with van der Waals surface area (Å²) < 4.78 is 12.9. The Morgan fingerprint density at radius 2 is 2.18 bits per heavy atom. The zero-order valence-electron chi connectivity index (χ0n) is 15.1. The van der Waals surface area contributed by atoms with Gasteiger partial charge in [0.1, 0.15) is 5.75 Å². The molecule has 0 atom stereocenters. The van der Waals surface area contributed by atoms with E-state index in [1.165, 1.54) is 12.8 Å². The molecule has 0 saturated heterocycles. The van der Waals surface area contributed by atoms with Crippen LogP contribution in [0.15, 0.2) is 51.5 Å². The van der Waals surface area contributed by atoms with Gasteiger partial charge in [-0.1, -0.05) is 35.1 Å². The highest BCUT2D eigenvalue weighted by Crippen LogP contribution is 2.42. The third kappa shape index (κ3) is 3.43. The van der Waals surface area contributed by atoms with Crippen molar-refractivity contribution in [1.82, 2.24) is 24.9 Å². The van der Waals surface area contributed by atoms with Gasteiger partial charge >= 0.3 is 0 Å². The first kappa shape index (κ1) is 17.4. The van der Waals surface area contributed by atoms with Crippen LogP contribution in [0.25, 0.3) is 22.1 Å². The largest absolute Gasteiger partial charge is 0.497 e. The summed E-state index contributed by atoms with van der Waals surface area (Å²) in [5.74, 6) is 3.37. The van der Waals surface area contributed by atoms with Crippen LogP contribution in [0.3, 0.4) is 0 Å². The van der Waals surface area contributed by atoms with Gasteiger partial charge in [0.2, 0.25) is 11.7 Å². The van der Waals surface area contributed by atoms with Crippen LogP contribution in [0.2, 0.25) is 0 Å². The smallest absolute Gasteiger partial charge is 0.237 e. The highest BCUT2D eigenvalue weighted by molar-refractivity contribution is 7.98. The second-order valence-electron chi connectivity index (χ2n) is 6.42. The number of nitrogens with zero attached hydrogens (tertiary/aromatic N) is 5. The number of methoxy groups -OCH3 is 1. The Labute approximate surface area is 169 Å². The maximum absolute atomic E-state index is 5.43. The van der Waals surface area contributed by atoms with Crippen molar-refractivity contribution in [3.63, 3.8) is 0 Å². The average molecular weight is 412 g/mol. The predicted octanol–water partition coefficient (Wildman–Crippen LogP) is 4.69. The minimum atomic E-state index is 0.490. The maximum Gasteiger partial charge on any atom is 0.237 e. The summed E-state index contributed by atoms with van der Waals surface area (Å²) in [6, 6.07) is 12.2. The van der Waals surface area contributed by atoms with Crippen molar-refractivity contribution >= 4 is 23.1 Å². The zero-order valence-corrected chi connectivity index (χ0v) is 16.7. The standard InChI is InChI=1S/C19H17N5O2S2/c1-25-14-5-2-4-12(10-14)17-20-16(26-23-17)11-28-19-22-21-18(15-6-3-9-27-15)24(19)13-7-8-13/h2-6,9-10,13H,7-8,11H2,1H3. The monoisotopic (exact) mass is 411 g/mol. The summed E-state index contributed by atoms with van der Waals surface area (Å²) in [4.78, 5) is 5.65. The molecule has 1 aliphatic carbocycles. The Bertz CT molecular complexity index is 1090. The van der Waals surface area contributed by atoms with Crippen molar-refractivity contribution < 1.29 is 9.26 Å². The number of aromatic nitrogens is 5. The van der Waals surface area contributed by atoms with E-state index in [0.717, 1.165) is 27.2 Å². The van der Waals surface area contributed by atoms with E-state index in [4.69, 9.17) is 9.26 Å². The van der Waals surface area contributed by atoms with E-state index in [1.807, 2.05) is 30.3 Å². The highest BCUT2D eigenvalue weighted by Gasteiger charge is 2.30. The van der Waals surface area contributed by atoms with Gasteiger partial charge in [-0.2, -0.15) is 4.98 Å². The number of thiophene rings is 1. The Morgan fingerprint density at radius 3 is 2.96 bits per heavy atom. The molecule has 0 N–H and O–H groups in total. The van der Waals surface area contributed by atoms with Crippen LogP contribution in [-0.2, 0) is 5.75 Å². The SMILES string of the molecule is COc1cccc(-c2noc(CSc3nnc(-c4cccs4)n3C3CC3)n2)c1. The van der Waals surface area contributed by atoms with Crippen LogP contribution in [0.5, 0.6) is 5.75 Å². The molecule has 9 heteroatoms. The summed E-state index contributed by atoms with van der Waals surface area (Å²) in [6.45, 7) is 0. The molecular weight excluding hydrogens is 394 g/mol. The number of thioether (sulfide) groups is 1. The second-order valence-corrected chi connectivity index (χ2v) is 8.31. The van der Waals surface area contributed by atoms with Crippen LogP contribution in [0, 0.1) is 0 Å². The molecule has 0 aliphatic heterocycles. The number of hydrogen-bond acceptors (Lipinski definition) is 8. The number of rotatable bonds is 7. The van der Waals surface area contributed by atoms with Gasteiger partial charge in [0.25, 0.3) is 0 Å². The molecule has 0 unspecified atom stereocenters. The lowest BCUT2D eigenvalue weighted by atomic mass is 10.2. The molecule has 0 amide bonds. The first-order valence-corrected chi connectivity index (χ1v) is 10.8. The van der Waals surface area contributed by atoms with E-state index in [0.29, 0.717) is 23.5 Å². The number of hydrogen-bond donors (Lipinski definition) is 0. The molecule has 3 heterocycles. The van der Waals surface area contributed by atoms with Gasteiger partial charge < -0.3 is 9.26 Å². The van der Waals surface area contributed by atoms with E-state index in [1.54, 1.807) is 30.2 Å². The Kier molecular flexibility index (Phi) is 4.61. The van der Waals surface area contributed by atoms with Gasteiger partial charge in [-0.05, 0) is 36.4 Å². The molecule has 1 aliphatic rings. The minimum absolute atomic E-state index is 0.490.